The zero-order valence-corrected chi connectivity index (χ0v) is 11.8. The number of aromatic nitrogens is 2. The summed E-state index contributed by atoms with van der Waals surface area (Å²) in [5.41, 5.74) is 7.29. The lowest BCUT2D eigenvalue weighted by molar-refractivity contribution is 0.252. The van der Waals surface area contributed by atoms with E-state index >= 15 is 0 Å². The summed E-state index contributed by atoms with van der Waals surface area (Å²) < 4.78 is 5.26. The number of hydrogen-bond acceptors (Lipinski definition) is 4. The maximum absolute atomic E-state index is 6.10. The quantitative estimate of drug-likeness (QED) is 0.917. The number of rotatable bonds is 4. The molecule has 2 aromatic rings. The van der Waals surface area contributed by atoms with E-state index in [1.54, 1.807) is 0 Å². The van der Waals surface area contributed by atoms with E-state index in [0.717, 1.165) is 18.7 Å². The van der Waals surface area contributed by atoms with E-state index in [1.807, 2.05) is 18.2 Å². The Morgan fingerprint density at radius 2 is 1.84 bits per heavy atom. The third-order valence-electron chi connectivity index (χ3n) is 3.16. The highest BCUT2D eigenvalue weighted by molar-refractivity contribution is 5.15. The van der Waals surface area contributed by atoms with Gasteiger partial charge < -0.3 is 10.3 Å². The van der Waals surface area contributed by atoms with Gasteiger partial charge in [-0.1, -0.05) is 56.3 Å². The summed E-state index contributed by atoms with van der Waals surface area (Å²) in [6, 6.07) is 10.0. The van der Waals surface area contributed by atoms with Crippen LogP contribution in [-0.4, -0.2) is 10.1 Å². The molecule has 19 heavy (non-hydrogen) atoms. The van der Waals surface area contributed by atoms with Crippen molar-refractivity contribution in [3.63, 3.8) is 0 Å². The van der Waals surface area contributed by atoms with Crippen LogP contribution in [0.15, 0.2) is 34.9 Å². The summed E-state index contributed by atoms with van der Waals surface area (Å²) in [6.07, 6.45) is 1.68. The van der Waals surface area contributed by atoms with Crippen molar-refractivity contribution in [2.24, 2.45) is 11.1 Å². The van der Waals surface area contributed by atoms with E-state index in [1.165, 1.54) is 5.56 Å². The van der Waals surface area contributed by atoms with Crippen molar-refractivity contribution in [1.29, 1.82) is 0 Å². The fourth-order valence-corrected chi connectivity index (χ4v) is 1.77. The number of nitrogens with two attached hydrogens (primary N) is 1. The summed E-state index contributed by atoms with van der Waals surface area (Å²) in [7, 11) is 0. The normalized spacial score (nSPS) is 13.5. The van der Waals surface area contributed by atoms with Gasteiger partial charge in [-0.05, 0) is 17.4 Å². The predicted octanol–water partition coefficient (Wildman–Crippen LogP) is 2.90. The van der Waals surface area contributed by atoms with Crippen LogP contribution in [0.3, 0.4) is 0 Å². The molecule has 0 saturated heterocycles. The Balaban J connectivity index is 1.98. The van der Waals surface area contributed by atoms with Gasteiger partial charge in [0.2, 0.25) is 5.89 Å². The number of benzene rings is 1. The van der Waals surface area contributed by atoms with Crippen molar-refractivity contribution in [2.45, 2.75) is 39.7 Å². The van der Waals surface area contributed by atoms with Gasteiger partial charge in [0.15, 0.2) is 5.82 Å². The summed E-state index contributed by atoms with van der Waals surface area (Å²) in [5.74, 6) is 1.24. The molecule has 0 radical (unpaired) electrons. The minimum absolute atomic E-state index is 0.0801. The van der Waals surface area contributed by atoms with Gasteiger partial charge in [0, 0.05) is 6.42 Å². The number of nitrogens with zero attached hydrogens (tertiary/aromatic N) is 2. The van der Waals surface area contributed by atoms with E-state index in [0.29, 0.717) is 5.89 Å². The van der Waals surface area contributed by atoms with Crippen LogP contribution in [0.4, 0.5) is 0 Å². The molecule has 1 atom stereocenters. The number of aryl methyl sites for hydroxylation is 2. The van der Waals surface area contributed by atoms with E-state index in [9.17, 15) is 0 Å². The second-order valence-corrected chi connectivity index (χ2v) is 5.88. The fourth-order valence-electron chi connectivity index (χ4n) is 1.77. The molecule has 4 heteroatoms. The van der Waals surface area contributed by atoms with Crippen LogP contribution in [0.1, 0.15) is 44.1 Å². The average molecular weight is 259 g/mol. The van der Waals surface area contributed by atoms with Crippen LogP contribution >= 0.6 is 0 Å². The first-order valence-electron chi connectivity index (χ1n) is 6.59. The summed E-state index contributed by atoms with van der Waals surface area (Å²) >= 11 is 0. The van der Waals surface area contributed by atoms with Crippen molar-refractivity contribution in [2.75, 3.05) is 0 Å². The Kier molecular flexibility index (Phi) is 4.00. The minimum atomic E-state index is -0.231. The molecule has 1 aromatic carbocycles. The van der Waals surface area contributed by atoms with Gasteiger partial charge in [-0.25, -0.2) is 0 Å². The second kappa shape index (κ2) is 5.53. The highest BCUT2D eigenvalue weighted by Gasteiger charge is 2.27. The summed E-state index contributed by atoms with van der Waals surface area (Å²) in [5, 5.41) is 4.00. The first-order chi connectivity index (χ1) is 8.97. The van der Waals surface area contributed by atoms with Crippen LogP contribution in [0, 0.1) is 5.41 Å². The van der Waals surface area contributed by atoms with Crippen LogP contribution in [0.5, 0.6) is 0 Å². The van der Waals surface area contributed by atoms with Crippen LogP contribution in [0.25, 0.3) is 0 Å². The van der Waals surface area contributed by atoms with Crippen LogP contribution in [0.2, 0.25) is 0 Å². The molecular weight excluding hydrogens is 238 g/mol. The van der Waals surface area contributed by atoms with Crippen molar-refractivity contribution in [1.82, 2.24) is 10.1 Å². The third-order valence-corrected chi connectivity index (χ3v) is 3.16. The molecule has 0 amide bonds. The van der Waals surface area contributed by atoms with Crippen molar-refractivity contribution in [3.8, 4) is 0 Å². The smallest absolute Gasteiger partial charge is 0.244 e. The fraction of sp³-hybridized carbons (Fsp3) is 0.467. The van der Waals surface area contributed by atoms with Gasteiger partial charge in [-0.2, -0.15) is 4.98 Å². The maximum Gasteiger partial charge on any atom is 0.244 e. The van der Waals surface area contributed by atoms with E-state index in [2.05, 4.69) is 43.0 Å². The molecule has 1 aromatic heterocycles. The molecule has 0 bridgehead atoms. The van der Waals surface area contributed by atoms with Gasteiger partial charge in [0.25, 0.3) is 0 Å². The Hall–Kier alpha value is -1.68. The molecule has 2 rings (SSSR count). The van der Waals surface area contributed by atoms with E-state index in [-0.39, 0.29) is 11.5 Å². The highest BCUT2D eigenvalue weighted by atomic mass is 16.5. The molecular formula is C15H21N3O. The maximum atomic E-state index is 6.10. The van der Waals surface area contributed by atoms with Crippen molar-refractivity contribution in [3.05, 3.63) is 47.6 Å². The SMILES string of the molecule is CC(C)(C)C(N)c1nc(CCc2ccccc2)no1. The Morgan fingerprint density at radius 3 is 2.47 bits per heavy atom. The van der Waals surface area contributed by atoms with Gasteiger partial charge in [-0.3, -0.25) is 0 Å². The van der Waals surface area contributed by atoms with E-state index < -0.39 is 0 Å². The van der Waals surface area contributed by atoms with Crippen LogP contribution < -0.4 is 5.73 Å². The number of hydrogen-bond donors (Lipinski definition) is 1. The zero-order valence-electron chi connectivity index (χ0n) is 11.8. The molecule has 0 spiro atoms. The molecule has 1 heterocycles. The average Bonchev–Trinajstić information content (AvgIpc) is 2.84. The van der Waals surface area contributed by atoms with E-state index in [4.69, 9.17) is 10.3 Å². The predicted molar refractivity (Wildman–Crippen MR) is 74.5 cm³/mol. The molecule has 1 unspecified atom stereocenters. The van der Waals surface area contributed by atoms with Crippen molar-refractivity contribution >= 4 is 0 Å². The molecule has 0 aliphatic heterocycles. The summed E-state index contributed by atoms with van der Waals surface area (Å²) in [4.78, 5) is 4.39. The largest absolute Gasteiger partial charge is 0.338 e. The second-order valence-electron chi connectivity index (χ2n) is 5.88. The first kappa shape index (κ1) is 13.7. The highest BCUT2D eigenvalue weighted by Crippen LogP contribution is 2.29. The molecule has 2 N–H and O–H groups in total. The van der Waals surface area contributed by atoms with Gasteiger partial charge in [-0.15, -0.1) is 0 Å². The Labute approximate surface area is 114 Å². The standard InChI is InChI=1S/C15H21N3O/c1-15(2,3)13(16)14-17-12(18-19-14)10-9-11-7-5-4-6-8-11/h4-8,13H,9-10,16H2,1-3H3. The molecule has 0 saturated carbocycles. The lowest BCUT2D eigenvalue weighted by Gasteiger charge is -2.23. The van der Waals surface area contributed by atoms with Gasteiger partial charge >= 0.3 is 0 Å². The third kappa shape index (κ3) is 3.64. The van der Waals surface area contributed by atoms with Gasteiger partial charge in [0.1, 0.15) is 0 Å². The molecule has 0 fully saturated rings. The van der Waals surface area contributed by atoms with Crippen LogP contribution in [-0.2, 0) is 12.8 Å². The molecule has 102 valence electrons. The van der Waals surface area contributed by atoms with Gasteiger partial charge in [0.05, 0.1) is 6.04 Å². The lowest BCUT2D eigenvalue weighted by atomic mass is 9.87. The monoisotopic (exact) mass is 259 g/mol. The minimum Gasteiger partial charge on any atom is -0.338 e. The zero-order chi connectivity index (χ0) is 13.9. The molecule has 0 aliphatic rings. The summed E-state index contributed by atoms with van der Waals surface area (Å²) in [6.45, 7) is 6.18. The topological polar surface area (TPSA) is 64.9 Å². The Morgan fingerprint density at radius 1 is 1.16 bits per heavy atom. The molecule has 4 nitrogen and oxygen atoms in total. The lowest BCUT2D eigenvalue weighted by Crippen LogP contribution is -2.26. The Bertz CT molecular complexity index is 514. The van der Waals surface area contributed by atoms with Crippen molar-refractivity contribution < 1.29 is 4.52 Å². The molecule has 0 aliphatic carbocycles. The first-order valence-corrected chi connectivity index (χ1v) is 6.59.